The topological polar surface area (TPSA) is 28.7 Å². The average molecular weight is 195 g/mol. The van der Waals surface area contributed by atoms with E-state index in [1.54, 1.807) is 18.7 Å². The van der Waals surface area contributed by atoms with Crippen molar-refractivity contribution < 1.29 is 34.1 Å². The van der Waals surface area contributed by atoms with Crippen LogP contribution in [0.15, 0.2) is 18.7 Å². The van der Waals surface area contributed by atoms with Crippen LogP contribution in [0.3, 0.4) is 0 Å². The van der Waals surface area contributed by atoms with Gasteiger partial charge >= 0.3 is 0 Å². The molecule has 1 heterocycles. The molecule has 1 N–H and O–H groups in total. The van der Waals surface area contributed by atoms with Gasteiger partial charge in [0.1, 0.15) is 0 Å². The summed E-state index contributed by atoms with van der Waals surface area (Å²) in [4.78, 5) is 6.42. The van der Waals surface area contributed by atoms with E-state index in [0.717, 1.165) is 0 Å². The summed E-state index contributed by atoms with van der Waals surface area (Å²) < 4.78 is 0. The molecular formula is C3H4Cu2N2. The van der Waals surface area contributed by atoms with Crippen molar-refractivity contribution in [1.29, 1.82) is 0 Å². The van der Waals surface area contributed by atoms with E-state index in [1.807, 2.05) is 0 Å². The Labute approximate surface area is 63.1 Å². The van der Waals surface area contributed by atoms with Gasteiger partial charge in [-0.15, -0.1) is 0 Å². The zero-order valence-corrected chi connectivity index (χ0v) is 5.17. The molecule has 0 aliphatic heterocycles. The third-order valence-electron chi connectivity index (χ3n) is 0.406. The summed E-state index contributed by atoms with van der Waals surface area (Å²) >= 11 is 0. The van der Waals surface area contributed by atoms with E-state index in [0.29, 0.717) is 0 Å². The number of hydrogen-bond acceptors (Lipinski definition) is 1. The maximum atomic E-state index is 3.67. The number of rotatable bonds is 0. The first-order valence-electron chi connectivity index (χ1n) is 1.43. The van der Waals surface area contributed by atoms with Crippen molar-refractivity contribution in [2.45, 2.75) is 0 Å². The van der Waals surface area contributed by atoms with Gasteiger partial charge in [-0.3, -0.25) is 0 Å². The fraction of sp³-hybridized carbons (Fsp3) is 0. The zero-order valence-electron chi connectivity index (χ0n) is 3.28. The van der Waals surface area contributed by atoms with Crippen LogP contribution in [0, 0.1) is 0 Å². The van der Waals surface area contributed by atoms with Crippen LogP contribution in [0.2, 0.25) is 0 Å². The van der Waals surface area contributed by atoms with Crippen molar-refractivity contribution in [3.05, 3.63) is 18.7 Å². The Morgan fingerprint density at radius 2 is 2.00 bits per heavy atom. The van der Waals surface area contributed by atoms with Crippen LogP contribution in [-0.2, 0) is 34.1 Å². The number of aromatic amines is 1. The van der Waals surface area contributed by atoms with Gasteiger partial charge in [0.25, 0.3) is 0 Å². The van der Waals surface area contributed by atoms with Gasteiger partial charge in [-0.2, -0.15) is 0 Å². The number of nitrogens with one attached hydrogen (secondary N) is 1. The predicted octanol–water partition coefficient (Wildman–Crippen LogP) is 0.405. The molecule has 0 aromatic carbocycles. The summed E-state index contributed by atoms with van der Waals surface area (Å²) in [5.74, 6) is 0. The Morgan fingerprint density at radius 3 is 2.14 bits per heavy atom. The summed E-state index contributed by atoms with van der Waals surface area (Å²) in [7, 11) is 0. The first kappa shape index (κ1) is 10.3. The van der Waals surface area contributed by atoms with Crippen LogP contribution in [0.1, 0.15) is 0 Å². The van der Waals surface area contributed by atoms with E-state index in [1.165, 1.54) is 0 Å². The van der Waals surface area contributed by atoms with Crippen molar-refractivity contribution in [1.82, 2.24) is 9.97 Å². The number of H-pyrrole nitrogens is 1. The molecular weight excluding hydrogens is 191 g/mol. The molecule has 7 heavy (non-hydrogen) atoms. The van der Waals surface area contributed by atoms with Crippen molar-refractivity contribution in [3.63, 3.8) is 0 Å². The van der Waals surface area contributed by atoms with Gasteiger partial charge in [0.15, 0.2) is 0 Å². The van der Waals surface area contributed by atoms with E-state index in [4.69, 9.17) is 0 Å². The minimum atomic E-state index is 0. The second-order valence-electron chi connectivity index (χ2n) is 0.761. The van der Waals surface area contributed by atoms with Crippen LogP contribution in [0.5, 0.6) is 0 Å². The Bertz CT molecular complexity index is 67.4. The standard InChI is InChI=1S/C3H4N2.2Cu/c1-2-5-3-4-1;;/h1-3H,(H,4,5);;. The molecule has 0 atom stereocenters. The molecule has 2 radical (unpaired) electrons. The first-order chi connectivity index (χ1) is 2.50. The molecule has 1 aromatic heterocycles. The van der Waals surface area contributed by atoms with Crippen LogP contribution >= 0.6 is 0 Å². The van der Waals surface area contributed by atoms with Gasteiger partial charge in [0.05, 0.1) is 6.33 Å². The molecule has 0 saturated heterocycles. The summed E-state index contributed by atoms with van der Waals surface area (Å²) in [5, 5.41) is 0. The van der Waals surface area contributed by atoms with Gasteiger partial charge in [-0.25, -0.2) is 4.98 Å². The summed E-state index contributed by atoms with van der Waals surface area (Å²) in [6.45, 7) is 0. The SMILES string of the molecule is [Cu].[Cu].c1c[nH]cn1. The average Bonchev–Trinajstić information content (AvgIpc) is 1.76. The van der Waals surface area contributed by atoms with E-state index in [2.05, 4.69) is 9.97 Å². The van der Waals surface area contributed by atoms with Crippen molar-refractivity contribution in [2.75, 3.05) is 0 Å². The molecule has 4 heteroatoms. The molecule has 2 nitrogen and oxygen atoms in total. The maximum Gasteiger partial charge on any atom is 0.0919 e. The first-order valence-corrected chi connectivity index (χ1v) is 1.43. The number of hydrogen-bond donors (Lipinski definition) is 1. The smallest absolute Gasteiger partial charge is 0.0919 e. The van der Waals surface area contributed by atoms with E-state index in [-0.39, 0.29) is 34.1 Å². The van der Waals surface area contributed by atoms with Gasteiger partial charge in [-0.05, 0) is 0 Å². The zero-order chi connectivity index (χ0) is 3.54. The van der Waals surface area contributed by atoms with E-state index >= 15 is 0 Å². The van der Waals surface area contributed by atoms with Crippen molar-refractivity contribution >= 4 is 0 Å². The van der Waals surface area contributed by atoms with Crippen LogP contribution in [0.25, 0.3) is 0 Å². The fourth-order valence-electron chi connectivity index (χ4n) is 0.215. The van der Waals surface area contributed by atoms with Crippen LogP contribution in [0.4, 0.5) is 0 Å². The molecule has 1 aromatic rings. The second-order valence-corrected chi connectivity index (χ2v) is 0.761. The quantitative estimate of drug-likeness (QED) is 0.596. The molecule has 0 aliphatic carbocycles. The predicted molar refractivity (Wildman–Crippen MR) is 18.6 cm³/mol. The molecule has 0 bridgehead atoms. The minimum Gasteiger partial charge on any atom is -0.351 e. The molecule has 0 saturated carbocycles. The second kappa shape index (κ2) is 6.25. The Kier molecular flexibility index (Phi) is 9.17. The third kappa shape index (κ3) is 4.09. The molecule has 0 spiro atoms. The van der Waals surface area contributed by atoms with Crippen LogP contribution < -0.4 is 0 Å². The largest absolute Gasteiger partial charge is 0.351 e. The van der Waals surface area contributed by atoms with Gasteiger partial charge < -0.3 is 4.98 Å². The van der Waals surface area contributed by atoms with Gasteiger partial charge in [-0.1, -0.05) is 0 Å². The number of nitrogens with zero attached hydrogens (tertiary/aromatic N) is 1. The van der Waals surface area contributed by atoms with Crippen molar-refractivity contribution in [3.8, 4) is 0 Å². The molecule has 0 aliphatic rings. The normalized spacial score (nSPS) is 5.71. The number of aromatic nitrogens is 2. The van der Waals surface area contributed by atoms with Crippen LogP contribution in [-0.4, -0.2) is 9.97 Å². The summed E-state index contributed by atoms with van der Waals surface area (Å²) in [5.41, 5.74) is 0. The van der Waals surface area contributed by atoms with Crippen molar-refractivity contribution in [2.24, 2.45) is 0 Å². The summed E-state index contributed by atoms with van der Waals surface area (Å²) in [6.07, 6.45) is 5.08. The molecule has 0 unspecified atom stereocenters. The monoisotopic (exact) mass is 194 g/mol. The van der Waals surface area contributed by atoms with Gasteiger partial charge in [0.2, 0.25) is 0 Å². The van der Waals surface area contributed by atoms with Gasteiger partial charge in [0, 0.05) is 46.5 Å². The molecule has 1 rings (SSSR count). The molecule has 48 valence electrons. The van der Waals surface area contributed by atoms with E-state index < -0.39 is 0 Å². The molecule has 0 amide bonds. The van der Waals surface area contributed by atoms with E-state index in [9.17, 15) is 0 Å². The Balaban J connectivity index is 0. The third-order valence-corrected chi connectivity index (χ3v) is 0.406. The maximum absolute atomic E-state index is 3.67. The minimum absolute atomic E-state index is 0. The Morgan fingerprint density at radius 1 is 1.29 bits per heavy atom. The Hall–Kier alpha value is 0.249. The summed E-state index contributed by atoms with van der Waals surface area (Å²) in [6, 6.07) is 0. The fourth-order valence-corrected chi connectivity index (χ4v) is 0.215. The molecule has 0 fully saturated rings. The number of imidazole rings is 1.